The minimum Gasteiger partial charge on any atom is -0.378 e. The average molecular weight is 367 g/mol. The van der Waals surface area contributed by atoms with E-state index in [1.165, 1.54) is 30.8 Å². The van der Waals surface area contributed by atoms with Crippen molar-refractivity contribution in [2.24, 2.45) is 14.1 Å². The van der Waals surface area contributed by atoms with Crippen molar-refractivity contribution in [2.75, 3.05) is 24.3 Å². The van der Waals surface area contributed by atoms with Gasteiger partial charge in [0, 0.05) is 39.6 Å². The van der Waals surface area contributed by atoms with Crippen LogP contribution in [0.4, 0.5) is 11.4 Å². The van der Waals surface area contributed by atoms with Crippen LogP contribution in [0.2, 0.25) is 0 Å². The standard InChI is InChI=1S/C19H21N5O3/c1-11-10-12(22(2)3)6-8-14(11)21-17(25)15-9-7-13-16(20-15)23(4)19(27)24(5)18(13)26/h6-10H,1-5H3,(H,21,25). The highest BCUT2D eigenvalue weighted by atomic mass is 16.2. The van der Waals surface area contributed by atoms with Crippen LogP contribution in [0.3, 0.4) is 0 Å². The summed E-state index contributed by atoms with van der Waals surface area (Å²) >= 11 is 0. The van der Waals surface area contributed by atoms with Crippen molar-refractivity contribution in [1.29, 1.82) is 0 Å². The van der Waals surface area contributed by atoms with Gasteiger partial charge in [-0.15, -0.1) is 0 Å². The molecule has 27 heavy (non-hydrogen) atoms. The number of amides is 1. The molecule has 2 aromatic heterocycles. The van der Waals surface area contributed by atoms with Crippen molar-refractivity contribution in [1.82, 2.24) is 14.1 Å². The highest BCUT2D eigenvalue weighted by molar-refractivity contribution is 6.04. The molecule has 0 aliphatic carbocycles. The first kappa shape index (κ1) is 18.4. The summed E-state index contributed by atoms with van der Waals surface area (Å²) in [6, 6.07) is 8.70. The first-order chi connectivity index (χ1) is 12.7. The van der Waals surface area contributed by atoms with Gasteiger partial charge in [0.25, 0.3) is 11.5 Å². The van der Waals surface area contributed by atoms with Crippen LogP contribution in [0.15, 0.2) is 39.9 Å². The summed E-state index contributed by atoms with van der Waals surface area (Å²) in [7, 11) is 6.81. The van der Waals surface area contributed by atoms with Gasteiger partial charge in [-0.05, 0) is 42.8 Å². The van der Waals surface area contributed by atoms with Gasteiger partial charge in [-0.2, -0.15) is 0 Å². The number of carbonyl (C=O) groups is 1. The van der Waals surface area contributed by atoms with E-state index in [1.54, 1.807) is 0 Å². The molecule has 1 aromatic carbocycles. The summed E-state index contributed by atoms with van der Waals surface area (Å²) < 4.78 is 2.27. The fourth-order valence-electron chi connectivity index (χ4n) is 2.83. The first-order valence-electron chi connectivity index (χ1n) is 8.37. The van der Waals surface area contributed by atoms with Gasteiger partial charge in [0.05, 0.1) is 5.39 Å². The number of fused-ring (bicyclic) bond motifs is 1. The molecule has 140 valence electrons. The molecule has 3 rings (SSSR count). The molecule has 1 amide bonds. The van der Waals surface area contributed by atoms with Crippen LogP contribution in [0.25, 0.3) is 11.0 Å². The van der Waals surface area contributed by atoms with Crippen LogP contribution in [0, 0.1) is 6.92 Å². The Morgan fingerprint density at radius 3 is 2.41 bits per heavy atom. The van der Waals surface area contributed by atoms with Gasteiger partial charge in [0.1, 0.15) is 11.3 Å². The summed E-state index contributed by atoms with van der Waals surface area (Å²) in [5, 5.41) is 3.11. The van der Waals surface area contributed by atoms with E-state index in [-0.39, 0.29) is 16.7 Å². The second-order valence-electron chi connectivity index (χ2n) is 6.62. The minimum atomic E-state index is -0.493. The fraction of sp³-hybridized carbons (Fsp3) is 0.263. The number of hydrogen-bond acceptors (Lipinski definition) is 5. The van der Waals surface area contributed by atoms with E-state index in [2.05, 4.69) is 10.3 Å². The van der Waals surface area contributed by atoms with Gasteiger partial charge in [0.2, 0.25) is 0 Å². The van der Waals surface area contributed by atoms with Gasteiger partial charge < -0.3 is 10.2 Å². The summed E-state index contributed by atoms with van der Waals surface area (Å²) in [6.07, 6.45) is 0. The van der Waals surface area contributed by atoms with Crippen molar-refractivity contribution in [3.8, 4) is 0 Å². The van der Waals surface area contributed by atoms with E-state index < -0.39 is 17.2 Å². The molecule has 3 aromatic rings. The van der Waals surface area contributed by atoms with E-state index in [9.17, 15) is 14.4 Å². The lowest BCUT2D eigenvalue weighted by molar-refractivity contribution is 0.102. The summed E-state index contributed by atoms with van der Waals surface area (Å²) in [5.74, 6) is -0.411. The monoisotopic (exact) mass is 367 g/mol. The number of aryl methyl sites for hydroxylation is 2. The van der Waals surface area contributed by atoms with Crippen LogP contribution < -0.4 is 21.5 Å². The second-order valence-corrected chi connectivity index (χ2v) is 6.62. The Morgan fingerprint density at radius 2 is 1.78 bits per heavy atom. The van der Waals surface area contributed by atoms with E-state index in [0.29, 0.717) is 5.69 Å². The predicted octanol–water partition coefficient (Wildman–Crippen LogP) is 1.26. The Kier molecular flexibility index (Phi) is 4.57. The molecule has 0 atom stereocenters. The van der Waals surface area contributed by atoms with Crippen molar-refractivity contribution < 1.29 is 4.79 Å². The van der Waals surface area contributed by atoms with Crippen molar-refractivity contribution in [3.63, 3.8) is 0 Å². The third kappa shape index (κ3) is 3.21. The Morgan fingerprint density at radius 1 is 1.07 bits per heavy atom. The van der Waals surface area contributed by atoms with Gasteiger partial charge in [-0.3, -0.25) is 18.7 Å². The summed E-state index contributed by atoms with van der Waals surface area (Å²) in [5.41, 5.74) is 1.98. The lowest BCUT2D eigenvalue weighted by atomic mass is 10.1. The fourth-order valence-corrected chi connectivity index (χ4v) is 2.83. The van der Waals surface area contributed by atoms with Gasteiger partial charge in [-0.1, -0.05) is 0 Å². The lowest BCUT2D eigenvalue weighted by Gasteiger charge is -2.15. The molecule has 1 N–H and O–H groups in total. The lowest BCUT2D eigenvalue weighted by Crippen LogP contribution is -2.37. The molecule has 0 bridgehead atoms. The molecule has 0 saturated heterocycles. The quantitative estimate of drug-likeness (QED) is 0.753. The maximum Gasteiger partial charge on any atom is 0.332 e. The van der Waals surface area contributed by atoms with Crippen molar-refractivity contribution in [2.45, 2.75) is 6.92 Å². The molecule has 8 nitrogen and oxygen atoms in total. The molecule has 0 aliphatic rings. The minimum absolute atomic E-state index is 0.127. The van der Waals surface area contributed by atoms with Crippen molar-refractivity contribution >= 4 is 28.3 Å². The van der Waals surface area contributed by atoms with Gasteiger partial charge >= 0.3 is 5.69 Å². The van der Waals surface area contributed by atoms with Crippen LogP contribution in [0.5, 0.6) is 0 Å². The SMILES string of the molecule is Cc1cc(N(C)C)ccc1NC(=O)c1ccc2c(=O)n(C)c(=O)n(C)c2n1. The van der Waals surface area contributed by atoms with E-state index in [1.807, 2.05) is 44.1 Å². The molecular formula is C19H21N5O3. The zero-order chi connectivity index (χ0) is 19.9. The number of aromatic nitrogens is 3. The topological polar surface area (TPSA) is 89.2 Å². The Bertz CT molecular complexity index is 1170. The third-order valence-corrected chi connectivity index (χ3v) is 4.51. The summed E-state index contributed by atoms with van der Waals surface area (Å²) in [6.45, 7) is 1.91. The molecule has 0 aliphatic heterocycles. The number of nitrogens with one attached hydrogen (secondary N) is 1. The normalized spacial score (nSPS) is 10.9. The van der Waals surface area contributed by atoms with Crippen LogP contribution >= 0.6 is 0 Å². The Balaban J connectivity index is 2.00. The Hall–Kier alpha value is -3.42. The van der Waals surface area contributed by atoms with Gasteiger partial charge in [-0.25, -0.2) is 9.78 Å². The Labute approximate surface area is 155 Å². The summed E-state index contributed by atoms with van der Waals surface area (Å²) in [4.78, 5) is 43.1. The number of nitrogens with zero attached hydrogens (tertiary/aromatic N) is 4. The van der Waals surface area contributed by atoms with E-state index in [4.69, 9.17) is 0 Å². The van der Waals surface area contributed by atoms with Crippen molar-refractivity contribution in [3.05, 3.63) is 62.4 Å². The molecule has 0 fully saturated rings. The van der Waals surface area contributed by atoms with Crippen LogP contribution in [-0.4, -0.2) is 34.1 Å². The molecule has 0 unspecified atom stereocenters. The molecule has 8 heteroatoms. The highest BCUT2D eigenvalue weighted by Gasteiger charge is 2.15. The number of rotatable bonds is 3. The predicted molar refractivity (Wildman–Crippen MR) is 106 cm³/mol. The molecule has 2 heterocycles. The largest absolute Gasteiger partial charge is 0.378 e. The zero-order valence-electron chi connectivity index (χ0n) is 15.9. The number of carbonyl (C=O) groups excluding carboxylic acids is 1. The maximum atomic E-state index is 12.6. The number of pyridine rings is 1. The second kappa shape index (κ2) is 6.71. The van der Waals surface area contributed by atoms with E-state index in [0.717, 1.165) is 15.8 Å². The molecular weight excluding hydrogens is 346 g/mol. The zero-order valence-corrected chi connectivity index (χ0v) is 15.9. The van der Waals surface area contributed by atoms with E-state index >= 15 is 0 Å². The maximum absolute atomic E-state index is 12.6. The first-order valence-corrected chi connectivity index (χ1v) is 8.37. The van der Waals surface area contributed by atoms with Crippen LogP contribution in [-0.2, 0) is 14.1 Å². The molecule has 0 saturated carbocycles. The number of anilines is 2. The smallest absolute Gasteiger partial charge is 0.332 e. The number of benzene rings is 1. The molecule has 0 spiro atoms. The third-order valence-electron chi connectivity index (χ3n) is 4.51. The van der Waals surface area contributed by atoms with Crippen LogP contribution in [0.1, 0.15) is 16.1 Å². The van der Waals surface area contributed by atoms with Gasteiger partial charge in [0.15, 0.2) is 0 Å². The average Bonchev–Trinajstić information content (AvgIpc) is 2.65. The molecule has 0 radical (unpaired) electrons. The number of hydrogen-bond donors (Lipinski definition) is 1. The highest BCUT2D eigenvalue weighted by Crippen LogP contribution is 2.22.